The zero-order valence-corrected chi connectivity index (χ0v) is 9.81. The number of hydrogen-bond donors (Lipinski definition) is 0. The van der Waals surface area contributed by atoms with Gasteiger partial charge in [0.15, 0.2) is 0 Å². The highest BCUT2D eigenvalue weighted by atomic mass is 16.2. The van der Waals surface area contributed by atoms with Crippen molar-refractivity contribution < 1.29 is 4.79 Å². The van der Waals surface area contributed by atoms with Gasteiger partial charge in [0.25, 0.3) is 0 Å². The summed E-state index contributed by atoms with van der Waals surface area (Å²) in [4.78, 5) is 13.5. The first-order chi connectivity index (χ1) is 6.67. The molecule has 2 nitrogen and oxygen atoms in total. The quantitative estimate of drug-likeness (QED) is 0.681. The zero-order valence-electron chi connectivity index (χ0n) is 9.81. The Labute approximate surface area is 87.7 Å². The Balaban J connectivity index is 2.48. The topological polar surface area (TPSA) is 20.3 Å². The van der Waals surface area contributed by atoms with E-state index in [1.165, 1.54) is 25.7 Å². The van der Waals surface area contributed by atoms with Crippen LogP contribution in [0.5, 0.6) is 0 Å². The van der Waals surface area contributed by atoms with Crippen molar-refractivity contribution in [3.8, 4) is 0 Å². The molecule has 82 valence electrons. The smallest absolute Gasteiger partial charge is 0.222 e. The molecule has 1 saturated heterocycles. The number of hydrogen-bond acceptors (Lipinski definition) is 1. The average Bonchev–Trinajstić information content (AvgIpc) is 2.28. The van der Waals surface area contributed by atoms with Gasteiger partial charge in [0, 0.05) is 19.5 Å². The minimum absolute atomic E-state index is 0.325. The number of carbonyl (C=O) groups excluding carboxylic acids is 1. The summed E-state index contributed by atoms with van der Waals surface area (Å²) in [6.45, 7) is 8.47. The molecule has 0 radical (unpaired) electrons. The number of rotatable bonds is 3. The molecule has 0 N–H and O–H groups in total. The first-order valence-electron chi connectivity index (χ1n) is 5.95. The molecule has 1 heterocycles. The van der Waals surface area contributed by atoms with Crippen LogP contribution < -0.4 is 0 Å². The van der Waals surface area contributed by atoms with Crippen molar-refractivity contribution in [1.82, 2.24) is 4.90 Å². The molecule has 1 aliphatic rings. The van der Waals surface area contributed by atoms with Crippen molar-refractivity contribution in [2.24, 2.45) is 5.41 Å². The molecule has 0 saturated carbocycles. The number of amides is 1. The molecule has 2 heteroatoms. The van der Waals surface area contributed by atoms with Crippen LogP contribution in [0.3, 0.4) is 0 Å². The predicted molar refractivity (Wildman–Crippen MR) is 59.1 cm³/mol. The van der Waals surface area contributed by atoms with E-state index in [0.717, 1.165) is 13.1 Å². The van der Waals surface area contributed by atoms with Gasteiger partial charge in [-0.15, -0.1) is 0 Å². The van der Waals surface area contributed by atoms with Crippen molar-refractivity contribution in [3.63, 3.8) is 0 Å². The number of carbonyl (C=O) groups is 1. The van der Waals surface area contributed by atoms with E-state index in [-0.39, 0.29) is 0 Å². The van der Waals surface area contributed by atoms with Crippen molar-refractivity contribution in [1.29, 1.82) is 0 Å². The molecule has 0 aromatic heterocycles. The third-order valence-electron chi connectivity index (χ3n) is 3.98. The highest BCUT2D eigenvalue weighted by Gasteiger charge is 2.32. The summed E-state index contributed by atoms with van der Waals surface area (Å²) in [7, 11) is 0. The van der Waals surface area contributed by atoms with Crippen LogP contribution in [0.2, 0.25) is 0 Å². The summed E-state index contributed by atoms with van der Waals surface area (Å²) >= 11 is 0. The molecule has 1 amide bonds. The van der Waals surface area contributed by atoms with E-state index in [4.69, 9.17) is 0 Å². The molecule has 0 atom stereocenters. The number of likely N-dealkylation sites (tertiary alicyclic amines) is 1. The average molecular weight is 197 g/mol. The largest absolute Gasteiger partial charge is 0.343 e. The van der Waals surface area contributed by atoms with Gasteiger partial charge in [-0.25, -0.2) is 0 Å². The zero-order chi connectivity index (χ0) is 10.6. The molecule has 0 aromatic carbocycles. The van der Waals surface area contributed by atoms with Crippen molar-refractivity contribution in [3.05, 3.63) is 0 Å². The van der Waals surface area contributed by atoms with E-state index < -0.39 is 0 Å². The Morgan fingerprint density at radius 1 is 1.14 bits per heavy atom. The molecule has 0 unspecified atom stereocenters. The lowest BCUT2D eigenvalue weighted by Gasteiger charge is -2.41. The van der Waals surface area contributed by atoms with Gasteiger partial charge in [0.2, 0.25) is 5.91 Å². The van der Waals surface area contributed by atoms with Gasteiger partial charge in [-0.3, -0.25) is 4.79 Å². The molecular weight excluding hydrogens is 174 g/mol. The van der Waals surface area contributed by atoms with Crippen molar-refractivity contribution in [2.75, 3.05) is 13.1 Å². The van der Waals surface area contributed by atoms with Crippen LogP contribution >= 0.6 is 0 Å². The Morgan fingerprint density at radius 2 is 1.64 bits per heavy atom. The standard InChI is InChI=1S/C12H23NO/c1-4-11(14)13-9-7-12(5-2,6-3)8-10-13/h4-10H2,1-3H3. The van der Waals surface area contributed by atoms with E-state index >= 15 is 0 Å². The lowest BCUT2D eigenvalue weighted by Crippen LogP contribution is -2.42. The molecule has 1 fully saturated rings. The summed E-state index contributed by atoms with van der Waals surface area (Å²) in [5, 5.41) is 0. The summed E-state index contributed by atoms with van der Waals surface area (Å²) in [5.41, 5.74) is 0.532. The molecule has 0 bridgehead atoms. The van der Waals surface area contributed by atoms with Gasteiger partial charge in [0.1, 0.15) is 0 Å². The van der Waals surface area contributed by atoms with Crippen molar-refractivity contribution in [2.45, 2.75) is 52.9 Å². The molecule has 0 spiro atoms. The van der Waals surface area contributed by atoms with E-state index in [0.29, 0.717) is 17.7 Å². The van der Waals surface area contributed by atoms with Crippen LogP contribution in [0.1, 0.15) is 52.9 Å². The second-order valence-corrected chi connectivity index (χ2v) is 4.44. The summed E-state index contributed by atoms with van der Waals surface area (Å²) in [6, 6.07) is 0. The number of piperidine rings is 1. The van der Waals surface area contributed by atoms with Crippen LogP contribution in [0, 0.1) is 5.41 Å². The maximum atomic E-state index is 11.5. The van der Waals surface area contributed by atoms with E-state index in [9.17, 15) is 4.79 Å². The molecule has 1 aliphatic heterocycles. The third kappa shape index (κ3) is 2.28. The second-order valence-electron chi connectivity index (χ2n) is 4.44. The Kier molecular flexibility index (Phi) is 3.97. The Morgan fingerprint density at radius 3 is 2.00 bits per heavy atom. The van der Waals surface area contributed by atoms with Crippen LogP contribution in [0.25, 0.3) is 0 Å². The fourth-order valence-electron chi connectivity index (χ4n) is 2.41. The Bertz CT molecular complexity index is 186. The summed E-state index contributed by atoms with van der Waals surface area (Å²) in [5.74, 6) is 0.325. The van der Waals surface area contributed by atoms with Crippen LogP contribution in [0.4, 0.5) is 0 Å². The summed E-state index contributed by atoms with van der Waals surface area (Å²) < 4.78 is 0. The van der Waals surface area contributed by atoms with Gasteiger partial charge >= 0.3 is 0 Å². The van der Waals surface area contributed by atoms with E-state index in [1.54, 1.807) is 0 Å². The monoisotopic (exact) mass is 197 g/mol. The number of nitrogens with zero attached hydrogens (tertiary/aromatic N) is 1. The SMILES string of the molecule is CCC(=O)N1CCC(CC)(CC)CC1. The maximum absolute atomic E-state index is 11.5. The second kappa shape index (κ2) is 4.81. The summed E-state index contributed by atoms with van der Waals surface area (Å²) in [6.07, 6.45) is 5.58. The van der Waals surface area contributed by atoms with Gasteiger partial charge in [-0.05, 0) is 18.3 Å². The first-order valence-corrected chi connectivity index (χ1v) is 5.95. The highest BCUT2D eigenvalue weighted by molar-refractivity contribution is 5.75. The molecule has 1 rings (SSSR count). The normalized spacial score (nSPS) is 20.9. The van der Waals surface area contributed by atoms with Gasteiger partial charge < -0.3 is 4.90 Å². The fourth-order valence-corrected chi connectivity index (χ4v) is 2.41. The van der Waals surface area contributed by atoms with Gasteiger partial charge in [-0.1, -0.05) is 33.6 Å². The Hall–Kier alpha value is -0.530. The molecule has 0 aliphatic carbocycles. The maximum Gasteiger partial charge on any atom is 0.222 e. The highest BCUT2D eigenvalue weighted by Crippen LogP contribution is 2.37. The van der Waals surface area contributed by atoms with Crippen molar-refractivity contribution >= 4 is 5.91 Å². The minimum Gasteiger partial charge on any atom is -0.343 e. The minimum atomic E-state index is 0.325. The van der Waals surface area contributed by atoms with E-state index in [2.05, 4.69) is 13.8 Å². The predicted octanol–water partition coefficient (Wildman–Crippen LogP) is 2.83. The lowest BCUT2D eigenvalue weighted by atomic mass is 9.74. The van der Waals surface area contributed by atoms with E-state index in [1.807, 2.05) is 11.8 Å². The fraction of sp³-hybridized carbons (Fsp3) is 0.917. The van der Waals surface area contributed by atoms with Crippen LogP contribution in [0.15, 0.2) is 0 Å². The van der Waals surface area contributed by atoms with Gasteiger partial charge in [0.05, 0.1) is 0 Å². The third-order valence-corrected chi connectivity index (χ3v) is 3.98. The molecule has 14 heavy (non-hydrogen) atoms. The van der Waals surface area contributed by atoms with Gasteiger partial charge in [-0.2, -0.15) is 0 Å². The molecule has 0 aromatic rings. The van der Waals surface area contributed by atoms with Crippen LogP contribution in [-0.2, 0) is 4.79 Å². The van der Waals surface area contributed by atoms with Crippen LogP contribution in [-0.4, -0.2) is 23.9 Å². The first kappa shape index (κ1) is 11.5. The lowest BCUT2D eigenvalue weighted by molar-refractivity contribution is -0.133. The molecular formula is C12H23NO.